The van der Waals surface area contributed by atoms with Crippen LogP contribution in [0.5, 0.6) is 0 Å². The summed E-state index contributed by atoms with van der Waals surface area (Å²) in [6, 6.07) is 8.10. The van der Waals surface area contributed by atoms with Crippen molar-refractivity contribution in [1.29, 1.82) is 0 Å². The van der Waals surface area contributed by atoms with Gasteiger partial charge in [0.25, 0.3) is 11.3 Å². The highest BCUT2D eigenvalue weighted by Gasteiger charge is 2.11. The van der Waals surface area contributed by atoms with Crippen molar-refractivity contribution in [2.45, 2.75) is 6.92 Å². The number of nitrogens with one attached hydrogen (secondary N) is 1. The third-order valence-electron chi connectivity index (χ3n) is 4.19. The molecule has 1 aliphatic rings. The van der Waals surface area contributed by atoms with Crippen molar-refractivity contribution in [2.24, 2.45) is 4.99 Å². The van der Waals surface area contributed by atoms with Crippen LogP contribution in [0.1, 0.15) is 11.3 Å². The first kappa shape index (κ1) is 15.5. The number of morpholine rings is 1. The first-order valence-corrected chi connectivity index (χ1v) is 8.12. The van der Waals surface area contributed by atoms with Crippen molar-refractivity contribution in [1.82, 2.24) is 19.6 Å². The van der Waals surface area contributed by atoms with Crippen LogP contribution in [-0.2, 0) is 4.74 Å². The summed E-state index contributed by atoms with van der Waals surface area (Å²) in [5, 5.41) is 2.74. The van der Waals surface area contributed by atoms with Crippen LogP contribution < -0.4 is 10.5 Å². The number of aromatic nitrogens is 4. The lowest BCUT2D eigenvalue weighted by molar-refractivity contribution is 0.122. The Balaban J connectivity index is 1.58. The van der Waals surface area contributed by atoms with Crippen LogP contribution in [0.2, 0.25) is 0 Å². The maximum atomic E-state index is 12.4. The zero-order valence-corrected chi connectivity index (χ0v) is 13.8. The van der Waals surface area contributed by atoms with Crippen molar-refractivity contribution in [3.8, 4) is 0 Å². The van der Waals surface area contributed by atoms with Crippen LogP contribution >= 0.6 is 0 Å². The van der Waals surface area contributed by atoms with Gasteiger partial charge in [-0.3, -0.25) is 9.89 Å². The van der Waals surface area contributed by atoms with Crippen LogP contribution in [-0.4, -0.2) is 52.1 Å². The predicted octanol–water partition coefficient (Wildman–Crippen LogP) is 1.31. The topological polar surface area (TPSA) is 87.9 Å². The number of H-pyrrole nitrogens is 1. The molecule has 8 nitrogen and oxygen atoms in total. The molecule has 1 fully saturated rings. The van der Waals surface area contributed by atoms with Gasteiger partial charge in [-0.05, 0) is 24.6 Å². The molecule has 0 unspecified atom stereocenters. The summed E-state index contributed by atoms with van der Waals surface area (Å²) in [6.07, 6.45) is 3.11. The van der Waals surface area contributed by atoms with Crippen molar-refractivity contribution in [2.75, 3.05) is 31.2 Å². The van der Waals surface area contributed by atoms with E-state index in [-0.39, 0.29) is 5.56 Å². The van der Waals surface area contributed by atoms with E-state index in [2.05, 4.69) is 37.1 Å². The van der Waals surface area contributed by atoms with Crippen LogP contribution in [0.15, 0.2) is 40.4 Å². The number of fused-ring (bicyclic) bond motifs is 1. The lowest BCUT2D eigenvalue weighted by Gasteiger charge is -2.28. The number of anilines is 1. The maximum Gasteiger partial charge on any atom is 0.300 e. The molecule has 25 heavy (non-hydrogen) atoms. The number of hydrogen-bond donors (Lipinski definition) is 1. The molecule has 0 aliphatic carbocycles. The number of aromatic amines is 1. The monoisotopic (exact) mass is 338 g/mol. The van der Waals surface area contributed by atoms with Gasteiger partial charge in [0.2, 0.25) is 0 Å². The van der Waals surface area contributed by atoms with E-state index < -0.39 is 0 Å². The van der Waals surface area contributed by atoms with E-state index in [0.29, 0.717) is 17.2 Å². The number of aryl methyl sites for hydroxylation is 1. The SMILES string of the molecule is Cc1nc2nc[nH]n2c(=O)c1N=Cc1ccc(N2CCOCC2)cc1. The molecule has 0 amide bonds. The number of ether oxygens (including phenoxy) is 1. The highest BCUT2D eigenvalue weighted by atomic mass is 16.5. The van der Waals surface area contributed by atoms with Crippen molar-refractivity contribution in [3.05, 3.63) is 52.2 Å². The number of benzene rings is 1. The summed E-state index contributed by atoms with van der Waals surface area (Å²) in [6.45, 7) is 5.08. The molecule has 0 saturated carbocycles. The lowest BCUT2D eigenvalue weighted by atomic mass is 10.2. The second-order valence-electron chi connectivity index (χ2n) is 5.82. The van der Waals surface area contributed by atoms with Gasteiger partial charge in [0.15, 0.2) is 5.69 Å². The third kappa shape index (κ3) is 3.03. The molecule has 128 valence electrons. The van der Waals surface area contributed by atoms with Gasteiger partial charge in [0.05, 0.1) is 18.9 Å². The average molecular weight is 338 g/mol. The fourth-order valence-corrected chi connectivity index (χ4v) is 2.83. The number of rotatable bonds is 3. The molecule has 0 atom stereocenters. The Morgan fingerprint density at radius 3 is 2.76 bits per heavy atom. The third-order valence-corrected chi connectivity index (χ3v) is 4.19. The summed E-state index contributed by atoms with van der Waals surface area (Å²) < 4.78 is 6.65. The summed E-state index contributed by atoms with van der Waals surface area (Å²) in [4.78, 5) is 27.3. The molecular formula is C17H18N6O2. The van der Waals surface area contributed by atoms with Gasteiger partial charge in [-0.1, -0.05) is 12.1 Å². The van der Waals surface area contributed by atoms with E-state index in [1.807, 2.05) is 12.1 Å². The number of hydrogen-bond acceptors (Lipinski definition) is 6. The molecule has 4 rings (SSSR count). The largest absolute Gasteiger partial charge is 0.378 e. The molecule has 1 N–H and O–H groups in total. The molecule has 3 heterocycles. The quantitative estimate of drug-likeness (QED) is 0.728. The van der Waals surface area contributed by atoms with Crippen LogP contribution in [0, 0.1) is 6.92 Å². The fourth-order valence-electron chi connectivity index (χ4n) is 2.83. The van der Waals surface area contributed by atoms with E-state index in [1.54, 1.807) is 13.1 Å². The van der Waals surface area contributed by atoms with Crippen LogP contribution in [0.25, 0.3) is 5.78 Å². The Morgan fingerprint density at radius 1 is 1.24 bits per heavy atom. The van der Waals surface area contributed by atoms with Gasteiger partial charge in [-0.25, -0.2) is 15.0 Å². The highest BCUT2D eigenvalue weighted by Crippen LogP contribution is 2.17. The molecule has 8 heteroatoms. The standard InChI is InChI=1S/C17H18N6O2/c1-12-15(16(24)23-17(21-12)19-11-20-23)18-10-13-2-4-14(5-3-13)22-6-8-25-9-7-22/h2-5,10-11H,6-9H2,1H3,(H,19,20,21). The molecule has 1 aliphatic heterocycles. The van der Waals surface area contributed by atoms with E-state index in [0.717, 1.165) is 37.6 Å². The van der Waals surface area contributed by atoms with Crippen molar-refractivity contribution in [3.63, 3.8) is 0 Å². The molecular weight excluding hydrogens is 320 g/mol. The Morgan fingerprint density at radius 2 is 2.00 bits per heavy atom. The molecule has 0 radical (unpaired) electrons. The minimum atomic E-state index is -0.263. The first-order chi connectivity index (χ1) is 12.2. The zero-order valence-electron chi connectivity index (χ0n) is 13.8. The zero-order chi connectivity index (χ0) is 17.2. The van der Waals surface area contributed by atoms with E-state index in [1.165, 1.54) is 10.8 Å². The van der Waals surface area contributed by atoms with Gasteiger partial charge in [-0.15, -0.1) is 0 Å². The minimum absolute atomic E-state index is 0.263. The molecule has 0 bridgehead atoms. The van der Waals surface area contributed by atoms with Crippen LogP contribution in [0.3, 0.4) is 0 Å². The number of aliphatic imine (C=N–C) groups is 1. The summed E-state index contributed by atoms with van der Waals surface area (Å²) in [5.74, 6) is 0.344. The fraction of sp³-hybridized carbons (Fsp3) is 0.294. The van der Waals surface area contributed by atoms with Gasteiger partial charge < -0.3 is 9.64 Å². The predicted molar refractivity (Wildman–Crippen MR) is 95.1 cm³/mol. The minimum Gasteiger partial charge on any atom is -0.378 e. The van der Waals surface area contributed by atoms with Gasteiger partial charge in [0, 0.05) is 25.0 Å². The summed E-state index contributed by atoms with van der Waals surface area (Å²) in [7, 11) is 0. The Labute approximate surface area is 143 Å². The summed E-state index contributed by atoms with van der Waals surface area (Å²) >= 11 is 0. The molecule has 2 aromatic heterocycles. The Bertz CT molecular complexity index is 967. The van der Waals surface area contributed by atoms with Gasteiger partial charge in [0.1, 0.15) is 6.33 Å². The Hall–Kier alpha value is -3.00. The molecule has 3 aromatic rings. The van der Waals surface area contributed by atoms with E-state index in [4.69, 9.17) is 4.74 Å². The van der Waals surface area contributed by atoms with Crippen molar-refractivity contribution < 1.29 is 4.74 Å². The molecule has 0 spiro atoms. The van der Waals surface area contributed by atoms with E-state index >= 15 is 0 Å². The maximum absolute atomic E-state index is 12.4. The van der Waals surface area contributed by atoms with Crippen molar-refractivity contribution >= 4 is 23.4 Å². The normalized spacial score (nSPS) is 15.3. The molecule has 1 aromatic carbocycles. The number of nitrogens with zero attached hydrogens (tertiary/aromatic N) is 5. The van der Waals surface area contributed by atoms with Gasteiger partial charge >= 0.3 is 0 Å². The Kier molecular flexibility index (Phi) is 4.02. The van der Waals surface area contributed by atoms with Crippen LogP contribution in [0.4, 0.5) is 11.4 Å². The lowest BCUT2D eigenvalue weighted by Crippen LogP contribution is -2.36. The smallest absolute Gasteiger partial charge is 0.300 e. The second kappa shape index (κ2) is 6.48. The first-order valence-electron chi connectivity index (χ1n) is 8.12. The average Bonchev–Trinajstić information content (AvgIpc) is 3.11. The van der Waals surface area contributed by atoms with Gasteiger partial charge in [-0.2, -0.15) is 4.52 Å². The summed E-state index contributed by atoms with van der Waals surface area (Å²) in [5.41, 5.74) is 2.68. The molecule has 1 saturated heterocycles. The highest BCUT2D eigenvalue weighted by molar-refractivity contribution is 5.82. The second-order valence-corrected chi connectivity index (χ2v) is 5.82. The van der Waals surface area contributed by atoms with E-state index in [9.17, 15) is 4.79 Å².